The molecule has 2 aliphatic rings. The summed E-state index contributed by atoms with van der Waals surface area (Å²) in [6, 6.07) is 0.106. The van der Waals surface area contributed by atoms with Crippen LogP contribution in [-0.2, 0) is 0 Å². The average molecular weight is 365 g/mol. The van der Waals surface area contributed by atoms with E-state index in [0.717, 1.165) is 5.92 Å². The van der Waals surface area contributed by atoms with Crippen molar-refractivity contribution >= 4 is 11.8 Å². The zero-order valence-electron chi connectivity index (χ0n) is 17.0. The molecule has 1 aliphatic carbocycles. The Balaban J connectivity index is 2.05. The highest BCUT2D eigenvalue weighted by atomic mass is 32.2. The summed E-state index contributed by atoms with van der Waals surface area (Å²) in [5.41, 5.74) is 9.10. The number of hydrogen-bond acceptors (Lipinski definition) is 3. The Morgan fingerprint density at radius 1 is 1.20 bits per heavy atom. The second-order valence-corrected chi connectivity index (χ2v) is 9.51. The summed E-state index contributed by atoms with van der Waals surface area (Å²) < 4.78 is 0.539. The molecular weight excluding hydrogens is 324 g/mol. The molecule has 2 rings (SSSR count). The Morgan fingerprint density at radius 2 is 1.88 bits per heavy atom. The number of unbranched alkanes of at least 4 members (excludes halogenated alkanes) is 6. The van der Waals surface area contributed by atoms with Gasteiger partial charge in [-0.05, 0) is 50.2 Å². The first-order valence-corrected chi connectivity index (χ1v) is 11.5. The molecule has 3 N–H and O–H groups in total. The molecule has 0 spiro atoms. The molecule has 0 amide bonds. The second-order valence-electron chi connectivity index (χ2n) is 8.09. The van der Waals surface area contributed by atoms with Gasteiger partial charge in [0.2, 0.25) is 0 Å². The van der Waals surface area contributed by atoms with Crippen molar-refractivity contribution in [2.24, 2.45) is 11.7 Å². The number of nitrogens with two attached hydrogens (primary N) is 1. The molecule has 0 aromatic carbocycles. The van der Waals surface area contributed by atoms with E-state index in [1.807, 2.05) is 7.05 Å². The SMILES string of the molecule is CCCCCCC1=C(/C(=C/C(C)N)NC)SC2(CCCCCC)CC12. The standard InChI is InChI=1S/C22H40N2S/c1-5-7-9-11-13-18-19-16-22(19,14-12-10-8-6-2)25-21(18)20(24-4)15-17(3)23/h15,17,19,24H,5-14,16,23H2,1-4H3/b20-15-. The van der Waals surface area contributed by atoms with Crippen LogP contribution in [0.15, 0.2) is 22.3 Å². The lowest BCUT2D eigenvalue weighted by Gasteiger charge is -2.17. The molecule has 1 saturated carbocycles. The molecule has 3 heteroatoms. The van der Waals surface area contributed by atoms with Crippen molar-refractivity contribution in [2.75, 3.05) is 7.05 Å². The van der Waals surface area contributed by atoms with Crippen LogP contribution in [0.25, 0.3) is 0 Å². The maximum atomic E-state index is 6.07. The first kappa shape index (κ1) is 20.9. The molecule has 3 atom stereocenters. The summed E-state index contributed by atoms with van der Waals surface area (Å²) in [7, 11) is 2.05. The van der Waals surface area contributed by atoms with Gasteiger partial charge in [0.05, 0.1) is 0 Å². The van der Waals surface area contributed by atoms with Gasteiger partial charge in [0.15, 0.2) is 0 Å². The number of fused-ring (bicyclic) bond motifs is 1. The Hall–Kier alpha value is -0.410. The zero-order chi connectivity index (χ0) is 18.3. The quantitative estimate of drug-likeness (QED) is 0.386. The first-order chi connectivity index (χ1) is 12.1. The van der Waals surface area contributed by atoms with E-state index in [4.69, 9.17) is 5.73 Å². The Morgan fingerprint density at radius 3 is 2.48 bits per heavy atom. The van der Waals surface area contributed by atoms with Gasteiger partial charge in [-0.2, -0.15) is 0 Å². The molecule has 0 aromatic heterocycles. The highest BCUT2D eigenvalue weighted by Gasteiger charge is 2.60. The van der Waals surface area contributed by atoms with Gasteiger partial charge in [-0.3, -0.25) is 0 Å². The number of nitrogens with one attached hydrogen (secondary N) is 1. The van der Waals surface area contributed by atoms with Gasteiger partial charge in [-0.25, -0.2) is 0 Å². The molecule has 2 nitrogen and oxygen atoms in total. The Labute approximate surface area is 160 Å². The smallest absolute Gasteiger partial charge is 0.0450 e. The maximum absolute atomic E-state index is 6.07. The predicted octanol–water partition coefficient (Wildman–Crippen LogP) is 6.14. The summed E-state index contributed by atoms with van der Waals surface area (Å²) in [6.07, 6.45) is 17.3. The van der Waals surface area contributed by atoms with Crippen LogP contribution in [0.5, 0.6) is 0 Å². The maximum Gasteiger partial charge on any atom is 0.0450 e. The largest absolute Gasteiger partial charge is 0.387 e. The van der Waals surface area contributed by atoms with E-state index in [9.17, 15) is 0 Å². The number of rotatable bonds is 13. The summed E-state index contributed by atoms with van der Waals surface area (Å²) in [6.45, 7) is 6.66. The molecule has 144 valence electrons. The van der Waals surface area contributed by atoms with Crippen LogP contribution in [0, 0.1) is 5.92 Å². The lowest BCUT2D eigenvalue weighted by Crippen LogP contribution is -2.17. The molecule has 0 aromatic rings. The number of hydrogen-bond donors (Lipinski definition) is 2. The van der Waals surface area contributed by atoms with Crippen molar-refractivity contribution in [3.63, 3.8) is 0 Å². The van der Waals surface area contributed by atoms with E-state index in [1.165, 1.54) is 76.3 Å². The van der Waals surface area contributed by atoms with Crippen LogP contribution in [0.3, 0.4) is 0 Å². The molecule has 0 radical (unpaired) electrons. The van der Waals surface area contributed by atoms with Gasteiger partial charge in [-0.1, -0.05) is 58.8 Å². The van der Waals surface area contributed by atoms with Gasteiger partial charge < -0.3 is 11.1 Å². The summed E-state index contributed by atoms with van der Waals surface area (Å²) >= 11 is 2.18. The van der Waals surface area contributed by atoms with E-state index in [0.29, 0.717) is 4.75 Å². The van der Waals surface area contributed by atoms with Gasteiger partial charge in [0, 0.05) is 28.4 Å². The van der Waals surface area contributed by atoms with Gasteiger partial charge >= 0.3 is 0 Å². The van der Waals surface area contributed by atoms with Crippen molar-refractivity contribution in [1.82, 2.24) is 5.32 Å². The summed E-state index contributed by atoms with van der Waals surface area (Å²) in [5.74, 6) is 0.848. The van der Waals surface area contributed by atoms with Crippen LogP contribution in [-0.4, -0.2) is 17.8 Å². The highest BCUT2D eigenvalue weighted by molar-refractivity contribution is 8.05. The minimum atomic E-state index is 0.106. The highest BCUT2D eigenvalue weighted by Crippen LogP contribution is 2.70. The van der Waals surface area contributed by atoms with Crippen LogP contribution in [0.2, 0.25) is 0 Å². The fourth-order valence-corrected chi connectivity index (χ4v) is 6.08. The van der Waals surface area contributed by atoms with Crippen molar-refractivity contribution < 1.29 is 0 Å². The predicted molar refractivity (Wildman–Crippen MR) is 114 cm³/mol. The molecule has 1 heterocycles. The summed E-state index contributed by atoms with van der Waals surface area (Å²) in [4.78, 5) is 1.54. The molecule has 0 bridgehead atoms. The fraction of sp³-hybridized carbons (Fsp3) is 0.818. The van der Waals surface area contributed by atoms with Gasteiger partial charge in [-0.15, -0.1) is 11.8 Å². The average Bonchev–Trinajstić information content (AvgIpc) is 3.21. The van der Waals surface area contributed by atoms with E-state index in [-0.39, 0.29) is 6.04 Å². The van der Waals surface area contributed by atoms with Gasteiger partial charge in [0.25, 0.3) is 0 Å². The minimum absolute atomic E-state index is 0.106. The van der Waals surface area contributed by atoms with Crippen LogP contribution < -0.4 is 11.1 Å². The Bertz CT molecular complexity index is 480. The fourth-order valence-electron chi connectivity index (χ4n) is 4.24. The third kappa shape index (κ3) is 5.53. The van der Waals surface area contributed by atoms with Crippen molar-refractivity contribution in [2.45, 2.75) is 102 Å². The lowest BCUT2D eigenvalue weighted by atomic mass is 9.98. The topological polar surface area (TPSA) is 38.0 Å². The van der Waals surface area contributed by atoms with Gasteiger partial charge in [0.1, 0.15) is 0 Å². The number of allylic oxidation sites excluding steroid dienone is 1. The molecule has 3 unspecified atom stereocenters. The molecule has 25 heavy (non-hydrogen) atoms. The molecule has 1 aliphatic heterocycles. The summed E-state index contributed by atoms with van der Waals surface area (Å²) in [5, 5.41) is 3.44. The van der Waals surface area contributed by atoms with Crippen LogP contribution in [0.4, 0.5) is 0 Å². The van der Waals surface area contributed by atoms with Crippen molar-refractivity contribution in [1.29, 1.82) is 0 Å². The normalized spacial score (nSPS) is 26.8. The lowest BCUT2D eigenvalue weighted by molar-refractivity contribution is 0.598. The zero-order valence-corrected chi connectivity index (χ0v) is 17.8. The van der Waals surface area contributed by atoms with Crippen LogP contribution in [0.1, 0.15) is 91.4 Å². The Kier molecular flexibility index (Phi) is 8.41. The molecule has 1 fully saturated rings. The monoisotopic (exact) mass is 364 g/mol. The van der Waals surface area contributed by atoms with E-state index >= 15 is 0 Å². The third-order valence-corrected chi connectivity index (χ3v) is 7.49. The minimum Gasteiger partial charge on any atom is -0.387 e. The van der Waals surface area contributed by atoms with E-state index in [1.54, 1.807) is 10.5 Å². The first-order valence-electron chi connectivity index (χ1n) is 10.7. The number of thioether (sulfide) groups is 1. The van der Waals surface area contributed by atoms with Crippen molar-refractivity contribution in [3.05, 3.63) is 22.3 Å². The number of likely N-dealkylation sites (N-methyl/N-ethyl adjacent to an activating group) is 1. The molecular formula is C22H40N2S. The second kappa shape index (κ2) is 10.1. The van der Waals surface area contributed by atoms with E-state index in [2.05, 4.69) is 43.9 Å². The van der Waals surface area contributed by atoms with E-state index < -0.39 is 0 Å². The van der Waals surface area contributed by atoms with Crippen LogP contribution >= 0.6 is 11.8 Å². The van der Waals surface area contributed by atoms with Crippen molar-refractivity contribution in [3.8, 4) is 0 Å². The molecule has 0 saturated heterocycles. The third-order valence-electron chi connectivity index (χ3n) is 5.74.